The molecule has 1 aromatic heterocycles. The third-order valence-electron chi connectivity index (χ3n) is 3.63. The Morgan fingerprint density at radius 3 is 2.67 bits per heavy atom. The minimum Gasteiger partial charge on any atom is -0.410 e. The maximum atomic E-state index is 11.7. The van der Waals surface area contributed by atoms with Crippen molar-refractivity contribution in [3.8, 4) is 0 Å². The van der Waals surface area contributed by atoms with Gasteiger partial charge < -0.3 is 20.0 Å². The number of nitrogens with zero attached hydrogens (tertiary/aromatic N) is 2. The second-order valence-electron chi connectivity index (χ2n) is 6.24. The lowest BCUT2D eigenvalue weighted by Gasteiger charge is -2.21. The van der Waals surface area contributed by atoms with Crippen LogP contribution in [-0.4, -0.2) is 53.4 Å². The smallest absolute Gasteiger partial charge is 0.277 e. The van der Waals surface area contributed by atoms with E-state index in [4.69, 9.17) is 4.42 Å². The van der Waals surface area contributed by atoms with Crippen molar-refractivity contribution in [1.29, 1.82) is 0 Å². The molecule has 134 valence electrons. The lowest BCUT2D eigenvalue weighted by Crippen LogP contribution is -3.11. The molecule has 1 saturated heterocycles. The average Bonchev–Trinajstić information content (AvgIpc) is 2.99. The van der Waals surface area contributed by atoms with Crippen molar-refractivity contribution in [2.24, 2.45) is 0 Å². The van der Waals surface area contributed by atoms with Gasteiger partial charge in [-0.3, -0.25) is 9.59 Å². The van der Waals surface area contributed by atoms with Gasteiger partial charge in [0.05, 0.1) is 25.4 Å². The van der Waals surface area contributed by atoms with Crippen LogP contribution >= 0.6 is 11.8 Å². The number of nitrogens with one attached hydrogen (secondary N) is 3. The zero-order chi connectivity index (χ0) is 17.4. The molecule has 24 heavy (non-hydrogen) atoms. The van der Waals surface area contributed by atoms with Crippen molar-refractivity contribution in [1.82, 2.24) is 20.8 Å². The Balaban J connectivity index is 1.66. The molecule has 0 atom stereocenters. The monoisotopic (exact) mass is 356 g/mol. The summed E-state index contributed by atoms with van der Waals surface area (Å²) in [5.74, 6) is 0.326. The first kappa shape index (κ1) is 18.7. The fourth-order valence-electron chi connectivity index (χ4n) is 2.54. The standard InChI is InChI=1S/C15H25N5O3S/c1-11(2)17-12(21)8-16-13(22)10-24-15-19-18-14(23-15)9-20-6-4-3-5-7-20/h11H,3-10H2,1-2H3,(H,16,22)(H,17,21)/p+1. The summed E-state index contributed by atoms with van der Waals surface area (Å²) in [7, 11) is 0. The predicted molar refractivity (Wildman–Crippen MR) is 89.6 cm³/mol. The van der Waals surface area contributed by atoms with Gasteiger partial charge in [0.1, 0.15) is 0 Å². The number of likely N-dealkylation sites (tertiary alicyclic amines) is 1. The van der Waals surface area contributed by atoms with Crippen LogP contribution in [0, 0.1) is 0 Å². The van der Waals surface area contributed by atoms with E-state index >= 15 is 0 Å². The number of piperidine rings is 1. The van der Waals surface area contributed by atoms with Crippen LogP contribution in [0.4, 0.5) is 0 Å². The maximum Gasteiger partial charge on any atom is 0.277 e. The third-order valence-corrected chi connectivity index (χ3v) is 4.45. The van der Waals surface area contributed by atoms with Crippen LogP contribution in [0.2, 0.25) is 0 Å². The molecule has 0 aromatic carbocycles. The van der Waals surface area contributed by atoms with E-state index < -0.39 is 0 Å². The summed E-state index contributed by atoms with van der Waals surface area (Å²) in [4.78, 5) is 24.6. The van der Waals surface area contributed by atoms with E-state index in [1.807, 2.05) is 13.8 Å². The first-order valence-electron chi connectivity index (χ1n) is 8.37. The molecule has 0 aliphatic carbocycles. The van der Waals surface area contributed by atoms with Crippen LogP contribution in [0.15, 0.2) is 9.64 Å². The van der Waals surface area contributed by atoms with Crippen molar-refractivity contribution >= 4 is 23.6 Å². The van der Waals surface area contributed by atoms with E-state index in [0.29, 0.717) is 11.1 Å². The molecule has 8 nitrogen and oxygen atoms in total. The van der Waals surface area contributed by atoms with Gasteiger partial charge >= 0.3 is 0 Å². The van der Waals surface area contributed by atoms with Crippen molar-refractivity contribution < 1.29 is 18.9 Å². The Morgan fingerprint density at radius 2 is 1.96 bits per heavy atom. The molecule has 1 aliphatic heterocycles. The highest BCUT2D eigenvalue weighted by atomic mass is 32.2. The Morgan fingerprint density at radius 1 is 1.21 bits per heavy atom. The molecule has 9 heteroatoms. The molecule has 0 radical (unpaired) electrons. The molecule has 0 saturated carbocycles. The number of thioether (sulfide) groups is 1. The zero-order valence-electron chi connectivity index (χ0n) is 14.3. The quantitative estimate of drug-likeness (QED) is 0.536. The predicted octanol–water partition coefficient (Wildman–Crippen LogP) is -0.629. The van der Waals surface area contributed by atoms with E-state index in [1.54, 1.807) is 0 Å². The first-order valence-corrected chi connectivity index (χ1v) is 9.36. The third kappa shape index (κ3) is 6.88. The Bertz CT molecular complexity index is 543. The molecular formula is C15H26N5O3S+. The molecule has 1 fully saturated rings. The molecule has 1 aromatic rings. The molecule has 1 aliphatic rings. The molecule has 2 heterocycles. The summed E-state index contributed by atoms with van der Waals surface area (Å²) in [6, 6.07) is 0.0580. The van der Waals surface area contributed by atoms with E-state index in [9.17, 15) is 9.59 Å². The summed E-state index contributed by atoms with van der Waals surface area (Å²) in [6.07, 6.45) is 3.80. The van der Waals surface area contributed by atoms with Gasteiger partial charge in [0.25, 0.3) is 11.1 Å². The first-order chi connectivity index (χ1) is 11.5. The zero-order valence-corrected chi connectivity index (χ0v) is 15.1. The minimum atomic E-state index is -0.236. The summed E-state index contributed by atoms with van der Waals surface area (Å²) in [5, 5.41) is 13.7. The molecular weight excluding hydrogens is 330 g/mol. The van der Waals surface area contributed by atoms with Gasteiger partial charge in [-0.25, -0.2) is 0 Å². The van der Waals surface area contributed by atoms with Crippen molar-refractivity contribution in [2.45, 2.75) is 50.9 Å². The number of quaternary nitrogens is 1. The highest BCUT2D eigenvalue weighted by molar-refractivity contribution is 7.99. The molecule has 0 bridgehead atoms. The Kier molecular flexibility index (Phi) is 7.51. The summed E-state index contributed by atoms with van der Waals surface area (Å²) in [6.45, 7) is 6.75. The number of amides is 2. The number of carbonyl (C=O) groups excluding carboxylic acids is 2. The number of hydrogen-bond donors (Lipinski definition) is 3. The van der Waals surface area contributed by atoms with Crippen LogP contribution in [0.25, 0.3) is 0 Å². The van der Waals surface area contributed by atoms with Crippen LogP contribution in [-0.2, 0) is 16.1 Å². The summed E-state index contributed by atoms with van der Waals surface area (Å²) in [5.41, 5.74) is 0. The average molecular weight is 356 g/mol. The second kappa shape index (κ2) is 9.63. The maximum absolute atomic E-state index is 11.7. The number of hydrogen-bond acceptors (Lipinski definition) is 6. The number of rotatable bonds is 8. The van der Waals surface area contributed by atoms with Crippen LogP contribution in [0.5, 0.6) is 0 Å². The SMILES string of the molecule is CC(C)NC(=O)CNC(=O)CSc1nnc(C[NH+]2CCCCC2)o1. The lowest BCUT2D eigenvalue weighted by molar-refractivity contribution is -0.919. The molecule has 2 rings (SSSR count). The van der Waals surface area contributed by atoms with Gasteiger partial charge in [-0.05, 0) is 33.1 Å². The fourth-order valence-corrected chi connectivity index (χ4v) is 3.15. The molecule has 0 spiro atoms. The number of carbonyl (C=O) groups is 2. The fraction of sp³-hybridized carbons (Fsp3) is 0.733. The van der Waals surface area contributed by atoms with Gasteiger partial charge in [0.15, 0.2) is 6.54 Å². The Labute approximate surface area is 146 Å². The van der Waals surface area contributed by atoms with E-state index in [1.165, 1.54) is 35.9 Å². The Hall–Kier alpha value is -1.61. The highest BCUT2D eigenvalue weighted by Crippen LogP contribution is 2.15. The minimum absolute atomic E-state index is 0.0228. The summed E-state index contributed by atoms with van der Waals surface area (Å²) < 4.78 is 5.58. The van der Waals surface area contributed by atoms with Crippen LogP contribution < -0.4 is 15.5 Å². The van der Waals surface area contributed by atoms with Gasteiger partial charge in [0.2, 0.25) is 11.8 Å². The van der Waals surface area contributed by atoms with Crippen molar-refractivity contribution in [3.63, 3.8) is 0 Å². The van der Waals surface area contributed by atoms with Crippen LogP contribution in [0.1, 0.15) is 39.0 Å². The molecule has 0 unspecified atom stereocenters. The second-order valence-corrected chi connectivity index (χ2v) is 7.16. The van der Waals surface area contributed by atoms with Gasteiger partial charge in [-0.1, -0.05) is 11.8 Å². The van der Waals surface area contributed by atoms with E-state index in [0.717, 1.165) is 19.6 Å². The van der Waals surface area contributed by atoms with E-state index in [2.05, 4.69) is 20.8 Å². The van der Waals surface area contributed by atoms with Crippen molar-refractivity contribution in [2.75, 3.05) is 25.4 Å². The topological polar surface area (TPSA) is 102 Å². The van der Waals surface area contributed by atoms with Gasteiger partial charge in [-0.15, -0.1) is 10.2 Å². The van der Waals surface area contributed by atoms with Crippen molar-refractivity contribution in [3.05, 3.63) is 5.89 Å². The lowest BCUT2D eigenvalue weighted by atomic mass is 10.1. The van der Waals surface area contributed by atoms with Crippen LogP contribution in [0.3, 0.4) is 0 Å². The van der Waals surface area contributed by atoms with Gasteiger partial charge in [-0.2, -0.15) is 0 Å². The molecule has 2 amide bonds. The number of aromatic nitrogens is 2. The van der Waals surface area contributed by atoms with E-state index in [-0.39, 0.29) is 30.2 Å². The highest BCUT2D eigenvalue weighted by Gasteiger charge is 2.18. The van der Waals surface area contributed by atoms with Gasteiger partial charge in [0, 0.05) is 6.04 Å². The largest absolute Gasteiger partial charge is 0.410 e. The molecule has 3 N–H and O–H groups in total. The normalized spacial score (nSPS) is 15.5. The summed E-state index contributed by atoms with van der Waals surface area (Å²) >= 11 is 1.18.